The van der Waals surface area contributed by atoms with Gasteiger partial charge in [-0.15, -0.1) is 0 Å². The molecule has 0 atom stereocenters. The average Bonchev–Trinajstić information content (AvgIpc) is 0.656. The lowest BCUT2D eigenvalue weighted by molar-refractivity contribution is 0.478. The number of rotatable bonds is 8. The van der Waals surface area contributed by atoms with Crippen LogP contribution in [0.2, 0.25) is 0 Å². The molecule has 0 fully saturated rings. The molecule has 0 bridgehead atoms. The van der Waals surface area contributed by atoms with E-state index in [0.717, 1.165) is 113 Å². The van der Waals surface area contributed by atoms with Crippen molar-refractivity contribution in [1.82, 2.24) is 0 Å². The quantitative estimate of drug-likeness (QED) is 0.111. The highest BCUT2D eigenvalue weighted by Crippen LogP contribution is 2.59. The van der Waals surface area contributed by atoms with Crippen LogP contribution in [-0.4, -0.2) is 20.1 Å². The topological polar surface area (TPSA) is 25.4 Å². The summed E-state index contributed by atoms with van der Waals surface area (Å²) in [4.78, 5) is 9.76. The molecule has 22 rings (SSSR count). The van der Waals surface area contributed by atoms with E-state index in [1.54, 1.807) is 0 Å². The predicted molar refractivity (Wildman–Crippen MR) is 434 cm³/mol. The Morgan fingerprint density at radius 3 is 0.883 bits per heavy atom. The van der Waals surface area contributed by atoms with E-state index in [4.69, 9.17) is 4.74 Å². The maximum atomic E-state index is 17.1. The Morgan fingerprint density at radius 2 is 0.532 bits per heavy atom. The minimum atomic E-state index is -0.882. The summed E-state index contributed by atoms with van der Waals surface area (Å²) in [5.41, 5.74) is 20.6. The molecule has 0 saturated heterocycles. The van der Waals surface area contributed by atoms with Gasteiger partial charge in [0.15, 0.2) is 11.5 Å². The Bertz CT molecular complexity index is 6530. The fourth-order valence-electron chi connectivity index (χ4n) is 18.8. The molecule has 6 nitrogen and oxygen atoms in total. The van der Waals surface area contributed by atoms with Gasteiger partial charge in [-0.25, -0.2) is 35.1 Å². The van der Waals surface area contributed by atoms with Crippen LogP contribution in [0.25, 0.3) is 44.5 Å². The molecule has 0 N–H and O–H groups in total. The fourth-order valence-corrected chi connectivity index (χ4v) is 18.8. The molecule has 0 aromatic heterocycles. The summed E-state index contributed by atoms with van der Waals surface area (Å²) in [5.74, 6) is -5.67. The van der Waals surface area contributed by atoms with E-state index >= 15 is 35.1 Å². The molecule has 15 aromatic carbocycles. The summed E-state index contributed by atoms with van der Waals surface area (Å²) >= 11 is 0. The second-order valence-electron chi connectivity index (χ2n) is 30.7. The van der Waals surface area contributed by atoms with Crippen molar-refractivity contribution in [3.05, 3.63) is 337 Å². The molecular weight excluding hydrogens is 1400 g/mol. The van der Waals surface area contributed by atoms with E-state index < -0.39 is 72.1 Å². The molecule has 0 amide bonds. The number of ether oxygens (including phenoxy) is 1. The Hall–Kier alpha value is -13.3. The second kappa shape index (κ2) is 23.6. The number of benzene rings is 15. The van der Waals surface area contributed by atoms with Gasteiger partial charge in [0.05, 0.1) is 34.1 Å². The summed E-state index contributed by atoms with van der Waals surface area (Å²) in [7, 11) is 0. The van der Waals surface area contributed by atoms with Crippen LogP contribution in [-0.2, 0) is 5.41 Å². The van der Waals surface area contributed by atoms with E-state index in [0.29, 0.717) is 84.8 Å². The van der Waals surface area contributed by atoms with Gasteiger partial charge in [0, 0.05) is 75.5 Å². The lowest BCUT2D eigenvalue weighted by atomic mass is 9.27. The van der Waals surface area contributed by atoms with E-state index in [2.05, 4.69) is 59.5 Å². The first-order chi connectivity index (χ1) is 53.9. The summed E-state index contributed by atoms with van der Waals surface area (Å²) in [6, 6.07) is 84.8. The van der Waals surface area contributed by atoms with Gasteiger partial charge in [0.2, 0.25) is 0 Å². The molecular formula is C94H56B3F8N5O. The standard InChI is InChI=1S/C94H56B3F8N5O/c1-94(2,3)59-34-82-88-83(35-59)108(70-44-64(102)38-65(103)45-70)80-49-81-75(48-74(80)95(88)72-28-55(51-16-8-4-9-17-51)24-26-78(72)106(82)68-40-60(98)36-61(99)41-68)97-77-31-58(54-22-14-7-15-23-54)33-87-92(77)110-91-76(30-57(32-86(91)111-87)53-20-12-6-13-21-53)96-73-29-56(52-18-10-5-11-19-52)25-27-79(73)107(69-42-62(100)37-63(101)43-69)84-50-85(90(97)93(110)89(84)96)109(81)71-46-66(104)39-67(105)47-71/h4-50H,1-3H3. The first-order valence-corrected chi connectivity index (χ1v) is 36.9. The van der Waals surface area contributed by atoms with Crippen LogP contribution in [0.1, 0.15) is 26.3 Å². The lowest BCUT2D eigenvalue weighted by Crippen LogP contribution is -2.69. The number of anilines is 15. The molecule has 17 heteroatoms. The van der Waals surface area contributed by atoms with Gasteiger partial charge >= 0.3 is 0 Å². The molecule has 0 spiro atoms. The summed E-state index contributed by atoms with van der Waals surface area (Å²) in [6.07, 6.45) is 0. The second-order valence-corrected chi connectivity index (χ2v) is 30.7. The minimum absolute atomic E-state index is 0.0698. The maximum absolute atomic E-state index is 17.1. The van der Waals surface area contributed by atoms with Crippen molar-refractivity contribution in [2.24, 2.45) is 0 Å². The largest absolute Gasteiger partial charge is 0.453 e. The zero-order valence-corrected chi connectivity index (χ0v) is 59.5. The molecule has 111 heavy (non-hydrogen) atoms. The third kappa shape index (κ3) is 9.73. The molecule has 15 aromatic rings. The summed E-state index contributed by atoms with van der Waals surface area (Å²) < 4.78 is 141. The molecule has 7 aliphatic heterocycles. The zero-order chi connectivity index (χ0) is 74.9. The Morgan fingerprint density at radius 1 is 0.234 bits per heavy atom. The van der Waals surface area contributed by atoms with Gasteiger partial charge in [-0.05, 0) is 202 Å². The number of fused-ring (bicyclic) bond motifs is 10. The van der Waals surface area contributed by atoms with Gasteiger partial charge in [-0.2, -0.15) is 0 Å². The first kappa shape index (κ1) is 64.9. The SMILES string of the molecule is CC(C)(C)c1cc2c3c(c1)N(c1cc(F)cc(F)c1)c1cc4c(cc1B3c1cc(-c3ccccc3)ccc1N2c1cc(F)cc(F)c1)B1c2cc(-c3ccccc3)cc3c2N2c5c(cc(-c6ccccc6)cc5B5c6cc(-c7ccccc7)ccc6N(c6cc(F)cc(F)c6)c6cc(c1c2c65)N4c1cc(F)cc(F)c1)O3. The first-order valence-electron chi connectivity index (χ1n) is 36.9. The van der Waals surface area contributed by atoms with E-state index in [1.807, 2.05) is 198 Å². The normalized spacial score (nSPS) is 13.8. The van der Waals surface area contributed by atoms with Crippen LogP contribution in [0.15, 0.2) is 285 Å². The Kier molecular flexibility index (Phi) is 13.8. The molecule has 0 saturated carbocycles. The van der Waals surface area contributed by atoms with Crippen molar-refractivity contribution in [2.75, 3.05) is 24.5 Å². The highest BCUT2D eigenvalue weighted by Gasteiger charge is 2.56. The van der Waals surface area contributed by atoms with Crippen molar-refractivity contribution in [1.29, 1.82) is 0 Å². The van der Waals surface area contributed by atoms with Crippen molar-refractivity contribution in [2.45, 2.75) is 26.2 Å². The van der Waals surface area contributed by atoms with Gasteiger partial charge in [0.1, 0.15) is 46.5 Å². The summed E-state index contributed by atoms with van der Waals surface area (Å²) in [6.45, 7) is 3.88. The maximum Gasteiger partial charge on any atom is 0.252 e. The minimum Gasteiger partial charge on any atom is -0.453 e. The molecule has 7 heterocycles. The predicted octanol–water partition coefficient (Wildman–Crippen LogP) is 19.6. The fraction of sp³-hybridized carbons (Fsp3) is 0.0426. The number of hydrogen-bond donors (Lipinski definition) is 0. The van der Waals surface area contributed by atoms with Crippen LogP contribution in [0.5, 0.6) is 11.5 Å². The summed E-state index contributed by atoms with van der Waals surface area (Å²) in [5, 5.41) is 0. The van der Waals surface area contributed by atoms with Gasteiger partial charge in [-0.1, -0.05) is 185 Å². The highest BCUT2D eigenvalue weighted by atomic mass is 19.2. The van der Waals surface area contributed by atoms with Gasteiger partial charge < -0.3 is 29.2 Å². The third-order valence-corrected chi connectivity index (χ3v) is 23.2. The van der Waals surface area contributed by atoms with E-state index in [1.165, 1.54) is 48.5 Å². The number of hydrogen-bond acceptors (Lipinski definition) is 6. The van der Waals surface area contributed by atoms with Gasteiger partial charge in [-0.3, -0.25) is 0 Å². The molecule has 528 valence electrons. The van der Waals surface area contributed by atoms with Crippen molar-refractivity contribution in [3.63, 3.8) is 0 Å². The van der Waals surface area contributed by atoms with Gasteiger partial charge in [0.25, 0.3) is 20.1 Å². The van der Waals surface area contributed by atoms with E-state index in [9.17, 15) is 0 Å². The Balaban J connectivity index is 0.918. The van der Waals surface area contributed by atoms with Crippen LogP contribution < -0.4 is 78.4 Å². The molecule has 7 aliphatic rings. The zero-order valence-electron chi connectivity index (χ0n) is 59.5. The molecule has 0 unspecified atom stereocenters. The third-order valence-electron chi connectivity index (χ3n) is 23.2. The van der Waals surface area contributed by atoms with Crippen molar-refractivity contribution < 1.29 is 39.9 Å². The van der Waals surface area contributed by atoms with Crippen LogP contribution in [0.3, 0.4) is 0 Å². The van der Waals surface area contributed by atoms with Crippen LogP contribution in [0.4, 0.5) is 120 Å². The van der Waals surface area contributed by atoms with Crippen LogP contribution >= 0.6 is 0 Å². The monoisotopic (exact) mass is 1460 g/mol. The Labute approximate surface area is 634 Å². The number of halogens is 8. The smallest absolute Gasteiger partial charge is 0.252 e. The molecule has 0 aliphatic carbocycles. The van der Waals surface area contributed by atoms with Crippen molar-refractivity contribution in [3.8, 4) is 56.0 Å². The average molecular weight is 1460 g/mol. The highest BCUT2D eigenvalue weighted by molar-refractivity contribution is 7.06. The lowest BCUT2D eigenvalue weighted by Gasteiger charge is -2.53. The molecule has 0 radical (unpaired) electrons. The number of nitrogens with zero attached hydrogens (tertiary/aromatic N) is 5. The van der Waals surface area contributed by atoms with Crippen molar-refractivity contribution >= 4 is 155 Å². The van der Waals surface area contributed by atoms with E-state index in [-0.39, 0.29) is 22.7 Å². The van der Waals surface area contributed by atoms with Crippen LogP contribution in [0, 0.1) is 46.5 Å².